The van der Waals surface area contributed by atoms with Crippen molar-refractivity contribution >= 4 is 46.9 Å². The van der Waals surface area contributed by atoms with Gasteiger partial charge in [-0.2, -0.15) is 0 Å². The lowest BCUT2D eigenvalue weighted by Gasteiger charge is -2.49. The summed E-state index contributed by atoms with van der Waals surface area (Å²) in [6, 6.07) is 10.8. The molecule has 10 nitrogen and oxygen atoms in total. The van der Waals surface area contributed by atoms with E-state index in [1.165, 1.54) is 17.0 Å². The monoisotopic (exact) mass is 666 g/mol. The summed E-state index contributed by atoms with van der Waals surface area (Å²) < 4.78 is 19.6. The van der Waals surface area contributed by atoms with E-state index in [0.717, 1.165) is 22.1 Å². The lowest BCUT2D eigenvalue weighted by atomic mass is 9.51. The van der Waals surface area contributed by atoms with Crippen LogP contribution in [-0.2, 0) is 24.0 Å². The Morgan fingerprint density at radius 2 is 1.77 bits per heavy atom. The number of rotatable bonds is 11. The highest BCUT2D eigenvalue weighted by Crippen LogP contribution is 2.63. The van der Waals surface area contributed by atoms with Gasteiger partial charge in [-0.1, -0.05) is 41.8 Å². The molecular weight excluding hydrogens is 631 g/mol. The van der Waals surface area contributed by atoms with Crippen LogP contribution in [0.2, 0.25) is 5.02 Å². The number of halogens is 2. The van der Waals surface area contributed by atoms with E-state index in [9.17, 15) is 33.5 Å². The summed E-state index contributed by atoms with van der Waals surface area (Å²) in [6.45, 7) is 1.90. The largest absolute Gasteiger partial charge is 0.491 e. The second kappa shape index (κ2) is 12.8. The van der Waals surface area contributed by atoms with Gasteiger partial charge in [-0.25, -0.2) is 9.29 Å². The van der Waals surface area contributed by atoms with Crippen molar-refractivity contribution in [3.63, 3.8) is 0 Å². The van der Waals surface area contributed by atoms with Crippen LogP contribution in [0.5, 0.6) is 5.75 Å². The summed E-state index contributed by atoms with van der Waals surface area (Å²) >= 11 is 6.06. The SMILES string of the molecule is CC12C(=O)N(c3ccc(F)c(Cl)c3)C(=O)C1CC1C(=CCC3C(=O)N(CCCCCC(=O)O)C(=O)C31)C2c1ccc(OCCO)cc1. The molecule has 2 heterocycles. The van der Waals surface area contributed by atoms with Crippen LogP contribution < -0.4 is 9.64 Å². The quantitative estimate of drug-likeness (QED) is 0.199. The number of aliphatic hydroxyl groups is 1. The molecule has 2 aromatic carbocycles. The average Bonchev–Trinajstić information content (AvgIpc) is 3.40. The summed E-state index contributed by atoms with van der Waals surface area (Å²) in [5.41, 5.74) is 0.453. The van der Waals surface area contributed by atoms with Crippen LogP contribution in [0.1, 0.15) is 56.9 Å². The first-order valence-electron chi connectivity index (χ1n) is 15.9. The smallest absolute Gasteiger partial charge is 0.303 e. The minimum Gasteiger partial charge on any atom is -0.491 e. The molecule has 0 aromatic heterocycles. The van der Waals surface area contributed by atoms with Crippen molar-refractivity contribution in [3.05, 3.63) is 70.5 Å². The third-order valence-electron chi connectivity index (χ3n) is 10.4. The molecule has 2 aliphatic heterocycles. The van der Waals surface area contributed by atoms with Crippen LogP contribution in [0.15, 0.2) is 54.1 Å². The van der Waals surface area contributed by atoms with Gasteiger partial charge in [-0.3, -0.25) is 28.9 Å². The van der Waals surface area contributed by atoms with Crippen molar-refractivity contribution in [2.24, 2.45) is 29.1 Å². The Balaban J connectivity index is 1.37. The van der Waals surface area contributed by atoms with Gasteiger partial charge in [0.15, 0.2) is 0 Å². The number of aliphatic carboxylic acids is 1. The van der Waals surface area contributed by atoms with E-state index in [-0.39, 0.29) is 55.1 Å². The molecule has 6 rings (SSSR count). The van der Waals surface area contributed by atoms with Crippen LogP contribution in [0.25, 0.3) is 0 Å². The number of hydrogen-bond acceptors (Lipinski definition) is 7. The zero-order valence-electron chi connectivity index (χ0n) is 25.9. The van der Waals surface area contributed by atoms with E-state index in [0.29, 0.717) is 31.4 Å². The normalized spacial score (nSPS) is 28.3. The fourth-order valence-electron chi connectivity index (χ4n) is 8.19. The Kier molecular flexibility index (Phi) is 8.97. The number of allylic oxidation sites excluding steroid dienone is 2. The fourth-order valence-corrected chi connectivity index (χ4v) is 8.37. The molecular formula is C35H36ClFN2O8. The summed E-state index contributed by atoms with van der Waals surface area (Å²) in [4.78, 5) is 69.5. The van der Waals surface area contributed by atoms with Crippen molar-refractivity contribution < 1.29 is 43.3 Å². The number of carboxylic acid groups (broad SMARTS) is 1. The number of amides is 4. The maximum atomic E-state index is 14.5. The number of ether oxygens (including phenoxy) is 1. The Morgan fingerprint density at radius 3 is 2.45 bits per heavy atom. The van der Waals surface area contributed by atoms with E-state index in [1.807, 2.05) is 18.2 Å². The number of carboxylic acids is 1. The first-order valence-corrected chi connectivity index (χ1v) is 16.3. The third-order valence-corrected chi connectivity index (χ3v) is 10.7. The maximum absolute atomic E-state index is 14.5. The molecule has 2 aromatic rings. The first-order chi connectivity index (χ1) is 22.5. The Morgan fingerprint density at radius 1 is 1.02 bits per heavy atom. The van der Waals surface area contributed by atoms with Gasteiger partial charge in [0.25, 0.3) is 0 Å². The minimum absolute atomic E-state index is 0.0203. The van der Waals surface area contributed by atoms with Crippen LogP contribution in [-0.4, -0.2) is 64.5 Å². The number of carbonyl (C=O) groups is 5. The highest BCUT2D eigenvalue weighted by atomic mass is 35.5. The summed E-state index contributed by atoms with van der Waals surface area (Å²) in [5.74, 6) is -5.79. The summed E-state index contributed by atoms with van der Waals surface area (Å²) in [5, 5.41) is 17.9. The van der Waals surface area contributed by atoms with Gasteiger partial charge in [-0.15, -0.1) is 0 Å². The topological polar surface area (TPSA) is 142 Å². The van der Waals surface area contributed by atoms with Crippen LogP contribution in [0.4, 0.5) is 10.1 Å². The third kappa shape index (κ3) is 5.53. The number of aliphatic hydroxyl groups excluding tert-OH is 1. The molecule has 6 atom stereocenters. The van der Waals surface area contributed by atoms with Crippen molar-refractivity contribution in [3.8, 4) is 5.75 Å². The number of imide groups is 2. The second-order valence-electron chi connectivity index (χ2n) is 12.9. The first kappa shape index (κ1) is 32.8. The zero-order chi connectivity index (χ0) is 33.6. The van der Waals surface area contributed by atoms with Gasteiger partial charge in [0, 0.05) is 18.9 Å². The van der Waals surface area contributed by atoms with Gasteiger partial charge in [-0.05, 0) is 74.4 Å². The number of unbranched alkanes of at least 4 members (excludes halogenated alkanes) is 2. The number of fused-ring (bicyclic) bond motifs is 4. The van der Waals surface area contributed by atoms with Crippen molar-refractivity contribution in [2.45, 2.75) is 51.4 Å². The summed E-state index contributed by atoms with van der Waals surface area (Å²) in [6.07, 6.45) is 3.98. The predicted molar refractivity (Wildman–Crippen MR) is 168 cm³/mol. The summed E-state index contributed by atoms with van der Waals surface area (Å²) in [7, 11) is 0. The molecule has 1 saturated carbocycles. The molecule has 4 amide bonds. The van der Waals surface area contributed by atoms with Crippen LogP contribution in [0.3, 0.4) is 0 Å². The van der Waals surface area contributed by atoms with Crippen LogP contribution >= 0.6 is 11.6 Å². The van der Waals surface area contributed by atoms with Gasteiger partial charge < -0.3 is 14.9 Å². The van der Waals surface area contributed by atoms with Crippen molar-refractivity contribution in [1.29, 1.82) is 0 Å². The number of benzene rings is 2. The van der Waals surface area contributed by atoms with Crippen molar-refractivity contribution in [1.82, 2.24) is 4.90 Å². The highest BCUT2D eigenvalue weighted by Gasteiger charge is 2.67. The molecule has 4 aliphatic rings. The lowest BCUT2D eigenvalue weighted by Crippen LogP contribution is -2.48. The molecule has 3 fully saturated rings. The van der Waals surface area contributed by atoms with E-state index in [2.05, 4.69) is 0 Å². The molecule has 0 radical (unpaired) electrons. The zero-order valence-corrected chi connectivity index (χ0v) is 26.6. The number of anilines is 1. The molecule has 2 saturated heterocycles. The molecule has 12 heteroatoms. The van der Waals surface area contributed by atoms with E-state index in [1.54, 1.807) is 19.1 Å². The Hall–Kier alpha value is -4.09. The number of likely N-dealkylation sites (tertiary alicyclic amines) is 1. The minimum atomic E-state index is -1.27. The number of hydrogen-bond donors (Lipinski definition) is 2. The average molecular weight is 667 g/mol. The van der Waals surface area contributed by atoms with Crippen LogP contribution in [0, 0.1) is 34.9 Å². The molecule has 47 heavy (non-hydrogen) atoms. The second-order valence-corrected chi connectivity index (χ2v) is 13.3. The van der Waals surface area contributed by atoms with E-state index >= 15 is 0 Å². The molecule has 2 N–H and O–H groups in total. The number of nitrogens with zero attached hydrogens (tertiary/aromatic N) is 2. The molecule has 248 valence electrons. The number of carbonyl (C=O) groups excluding carboxylic acids is 4. The fraction of sp³-hybridized carbons (Fsp3) is 0.457. The molecule has 2 aliphatic carbocycles. The Bertz CT molecular complexity index is 1660. The van der Waals surface area contributed by atoms with Gasteiger partial charge in [0.05, 0.1) is 40.5 Å². The highest BCUT2D eigenvalue weighted by molar-refractivity contribution is 6.31. The van der Waals surface area contributed by atoms with Crippen molar-refractivity contribution in [2.75, 3.05) is 24.7 Å². The predicted octanol–water partition coefficient (Wildman–Crippen LogP) is 4.73. The van der Waals surface area contributed by atoms with E-state index < -0.39 is 58.6 Å². The lowest BCUT2D eigenvalue weighted by molar-refractivity contribution is -0.141. The maximum Gasteiger partial charge on any atom is 0.303 e. The van der Waals surface area contributed by atoms with Gasteiger partial charge in [0.1, 0.15) is 18.2 Å². The van der Waals surface area contributed by atoms with Gasteiger partial charge in [0.2, 0.25) is 23.6 Å². The van der Waals surface area contributed by atoms with Gasteiger partial charge >= 0.3 is 5.97 Å². The Labute approximate surface area is 276 Å². The molecule has 6 unspecified atom stereocenters. The van der Waals surface area contributed by atoms with E-state index in [4.69, 9.17) is 21.4 Å². The molecule has 0 spiro atoms. The molecule has 0 bridgehead atoms. The standard InChI is InChI=1S/C35H36ClFN2O8/c1-35-25(32(44)39(34(35)46)20-8-13-27(37)26(36)17-20)18-24-22(30(35)19-6-9-21(10-7-19)47-16-15-40)11-12-23-29(24)33(45)38(31(23)43)14-4-2-3-5-28(41)42/h6-11,13,17,23-25,29-30,40H,2-5,12,14-16,18H2,1H3,(H,41,42).